The highest BCUT2D eigenvalue weighted by Crippen LogP contribution is 2.38. The number of nitrogen functional groups attached to an aromatic ring is 1. The molecule has 1 aliphatic heterocycles. The van der Waals surface area contributed by atoms with Gasteiger partial charge in [0.2, 0.25) is 0 Å². The van der Waals surface area contributed by atoms with Gasteiger partial charge in [0, 0.05) is 34.2 Å². The summed E-state index contributed by atoms with van der Waals surface area (Å²) in [6.45, 7) is 8.70. The minimum atomic E-state index is 0.429. The van der Waals surface area contributed by atoms with E-state index in [0.29, 0.717) is 11.3 Å². The number of nitrogens with two attached hydrogens (primary N) is 1. The topological polar surface area (TPSA) is 65.9 Å². The van der Waals surface area contributed by atoms with Gasteiger partial charge in [-0.15, -0.1) is 0 Å². The van der Waals surface area contributed by atoms with Crippen molar-refractivity contribution in [3.8, 4) is 6.07 Å². The maximum absolute atomic E-state index is 8.71. The molecule has 0 saturated heterocycles. The van der Waals surface area contributed by atoms with Crippen LogP contribution in [-0.2, 0) is 0 Å². The van der Waals surface area contributed by atoms with E-state index in [9.17, 15) is 0 Å². The van der Waals surface area contributed by atoms with Crippen LogP contribution in [0.2, 0.25) is 0 Å². The number of nitrogens with zero attached hydrogens (tertiary/aromatic N) is 3. The summed E-state index contributed by atoms with van der Waals surface area (Å²) in [5, 5.41) is 9.54. The molecule has 162 valence electrons. The van der Waals surface area contributed by atoms with Crippen LogP contribution in [0.4, 0.5) is 11.4 Å². The lowest BCUT2D eigenvalue weighted by Gasteiger charge is -2.34. The van der Waals surface area contributed by atoms with Crippen molar-refractivity contribution >= 4 is 34.1 Å². The highest BCUT2D eigenvalue weighted by molar-refractivity contribution is 5.93. The van der Waals surface area contributed by atoms with E-state index in [1.54, 1.807) is 0 Å². The number of aryl methyl sites for hydroxylation is 1. The molecule has 4 heteroatoms. The molecule has 1 aliphatic rings. The molecule has 5 rings (SSSR count). The Labute approximate surface area is 194 Å². The van der Waals surface area contributed by atoms with Gasteiger partial charge in [-0.25, -0.2) is 0 Å². The molecule has 2 N–H and O–H groups in total. The molecule has 0 aliphatic carbocycles. The van der Waals surface area contributed by atoms with E-state index in [4.69, 9.17) is 11.0 Å². The Balaban J connectivity index is 0.000000172. The van der Waals surface area contributed by atoms with Crippen LogP contribution in [0.1, 0.15) is 35.6 Å². The van der Waals surface area contributed by atoms with Gasteiger partial charge in [0.15, 0.2) is 0 Å². The molecule has 0 saturated carbocycles. The third-order valence-electron chi connectivity index (χ3n) is 5.79. The van der Waals surface area contributed by atoms with E-state index >= 15 is 0 Å². The minimum Gasteiger partial charge on any atom is -0.397 e. The van der Waals surface area contributed by atoms with Crippen molar-refractivity contribution in [1.29, 1.82) is 5.26 Å². The fourth-order valence-electron chi connectivity index (χ4n) is 4.14. The first kappa shape index (κ1) is 21.9. The summed E-state index contributed by atoms with van der Waals surface area (Å²) in [7, 11) is 0. The number of nitriles is 1. The molecule has 0 unspecified atom stereocenters. The Hall–Kier alpha value is -4.36. The summed E-state index contributed by atoms with van der Waals surface area (Å²) >= 11 is 0. The van der Waals surface area contributed by atoms with E-state index in [-0.39, 0.29) is 0 Å². The normalized spacial score (nSPS) is 12.3. The number of fused-ring (bicyclic) bond motifs is 2. The minimum absolute atomic E-state index is 0.429. The van der Waals surface area contributed by atoms with Gasteiger partial charge in [-0.1, -0.05) is 68.1 Å². The molecule has 0 spiro atoms. The second-order valence-electron chi connectivity index (χ2n) is 7.86. The van der Waals surface area contributed by atoms with Crippen LogP contribution in [0, 0.1) is 18.3 Å². The quantitative estimate of drug-likeness (QED) is 0.375. The molecular formula is C29H26N4. The maximum atomic E-state index is 8.71. The van der Waals surface area contributed by atoms with Crippen molar-refractivity contribution in [2.24, 2.45) is 0 Å². The molecule has 2 heterocycles. The molecule has 0 bridgehead atoms. The van der Waals surface area contributed by atoms with E-state index in [2.05, 4.69) is 78.9 Å². The molecule has 0 amide bonds. The van der Waals surface area contributed by atoms with Crippen LogP contribution >= 0.6 is 0 Å². The lowest BCUT2D eigenvalue weighted by molar-refractivity contribution is 1.02. The fraction of sp³-hybridized carbons (Fsp3) is 0.103. The van der Waals surface area contributed by atoms with Gasteiger partial charge in [0.25, 0.3) is 0 Å². The number of para-hydroxylation sites is 2. The first-order chi connectivity index (χ1) is 16.0. The molecule has 0 radical (unpaired) electrons. The standard InChI is InChI=1S/C19H19N.C10H7N3/c1-4-17-13-16-10-8-9-14(2)19(16)15(3)20(17)18-11-6-5-7-12-18;11-5-7-6-13-9-4-2-1-3-8(9)10(7)12/h5-13H,3-4H2,1-2H3;1-4,6H,(H2,12,13). The second kappa shape index (κ2) is 9.42. The molecule has 1 aromatic heterocycles. The van der Waals surface area contributed by atoms with Crippen molar-refractivity contribution in [1.82, 2.24) is 4.98 Å². The highest BCUT2D eigenvalue weighted by atomic mass is 15.2. The van der Waals surface area contributed by atoms with E-state index in [1.165, 1.54) is 34.3 Å². The summed E-state index contributed by atoms with van der Waals surface area (Å²) < 4.78 is 0. The van der Waals surface area contributed by atoms with Gasteiger partial charge in [-0.05, 0) is 48.7 Å². The zero-order valence-electron chi connectivity index (χ0n) is 18.9. The molecule has 4 aromatic rings. The third kappa shape index (κ3) is 4.22. The van der Waals surface area contributed by atoms with E-state index in [0.717, 1.165) is 23.0 Å². The highest BCUT2D eigenvalue weighted by Gasteiger charge is 2.23. The lowest BCUT2D eigenvalue weighted by Crippen LogP contribution is -2.24. The van der Waals surface area contributed by atoms with Crippen LogP contribution in [0.15, 0.2) is 91.3 Å². The fourth-order valence-corrected chi connectivity index (χ4v) is 4.14. The average molecular weight is 431 g/mol. The Morgan fingerprint density at radius 3 is 2.45 bits per heavy atom. The summed E-state index contributed by atoms with van der Waals surface area (Å²) in [5.41, 5.74) is 14.9. The van der Waals surface area contributed by atoms with Gasteiger partial charge < -0.3 is 10.6 Å². The van der Waals surface area contributed by atoms with Crippen LogP contribution in [0.3, 0.4) is 0 Å². The second-order valence-corrected chi connectivity index (χ2v) is 7.86. The Bertz CT molecular complexity index is 1390. The van der Waals surface area contributed by atoms with Crippen molar-refractivity contribution in [3.05, 3.63) is 114 Å². The van der Waals surface area contributed by atoms with Gasteiger partial charge in [-0.2, -0.15) is 5.26 Å². The number of allylic oxidation sites excluding steroid dienone is 1. The number of pyridine rings is 1. The van der Waals surface area contributed by atoms with Crippen molar-refractivity contribution in [2.45, 2.75) is 20.3 Å². The number of hydrogen-bond acceptors (Lipinski definition) is 4. The van der Waals surface area contributed by atoms with Crippen molar-refractivity contribution in [2.75, 3.05) is 10.6 Å². The average Bonchev–Trinajstić information content (AvgIpc) is 2.85. The van der Waals surface area contributed by atoms with Crippen molar-refractivity contribution < 1.29 is 0 Å². The van der Waals surface area contributed by atoms with Crippen LogP contribution in [-0.4, -0.2) is 4.98 Å². The SMILES string of the molecule is C=C1c2c(C)cccc2C=C(CC)N1c1ccccc1.N#Cc1cnc2ccccc2c1N. The molecule has 0 fully saturated rings. The van der Waals surface area contributed by atoms with Gasteiger partial charge in [0.1, 0.15) is 6.07 Å². The van der Waals surface area contributed by atoms with Gasteiger partial charge >= 0.3 is 0 Å². The van der Waals surface area contributed by atoms with Crippen molar-refractivity contribution in [3.63, 3.8) is 0 Å². The number of hydrogen-bond donors (Lipinski definition) is 1. The van der Waals surface area contributed by atoms with E-state index < -0.39 is 0 Å². The predicted molar refractivity (Wildman–Crippen MR) is 138 cm³/mol. The summed E-state index contributed by atoms with van der Waals surface area (Å²) in [6.07, 6.45) is 4.77. The maximum Gasteiger partial charge on any atom is 0.103 e. The number of aromatic nitrogens is 1. The monoisotopic (exact) mass is 430 g/mol. The van der Waals surface area contributed by atoms with E-state index in [1.807, 2.05) is 36.4 Å². The van der Waals surface area contributed by atoms with Gasteiger partial charge in [-0.3, -0.25) is 4.98 Å². The van der Waals surface area contributed by atoms with Crippen LogP contribution in [0.5, 0.6) is 0 Å². The molecule has 3 aromatic carbocycles. The summed E-state index contributed by atoms with van der Waals surface area (Å²) in [5.74, 6) is 0. The lowest BCUT2D eigenvalue weighted by atomic mass is 9.93. The Morgan fingerprint density at radius 1 is 1.00 bits per heavy atom. The third-order valence-corrected chi connectivity index (χ3v) is 5.79. The number of rotatable bonds is 2. The Kier molecular flexibility index (Phi) is 6.24. The number of anilines is 2. The molecule has 0 atom stereocenters. The largest absolute Gasteiger partial charge is 0.397 e. The Morgan fingerprint density at radius 2 is 1.73 bits per heavy atom. The smallest absolute Gasteiger partial charge is 0.103 e. The number of benzene rings is 3. The molecular weight excluding hydrogens is 404 g/mol. The predicted octanol–water partition coefficient (Wildman–Crippen LogP) is 6.93. The first-order valence-electron chi connectivity index (χ1n) is 10.9. The zero-order valence-corrected chi connectivity index (χ0v) is 18.9. The summed E-state index contributed by atoms with van der Waals surface area (Å²) in [4.78, 5) is 6.38. The molecule has 4 nitrogen and oxygen atoms in total. The molecule has 33 heavy (non-hydrogen) atoms. The first-order valence-corrected chi connectivity index (χ1v) is 10.9. The van der Waals surface area contributed by atoms with Crippen LogP contribution in [0.25, 0.3) is 22.7 Å². The van der Waals surface area contributed by atoms with Crippen LogP contribution < -0.4 is 10.6 Å². The zero-order chi connectivity index (χ0) is 23.4. The summed E-state index contributed by atoms with van der Waals surface area (Å²) in [6, 6.07) is 26.4. The van der Waals surface area contributed by atoms with Gasteiger partial charge in [0.05, 0.1) is 16.8 Å².